The van der Waals surface area contributed by atoms with Gasteiger partial charge in [-0.15, -0.1) is 0 Å². The summed E-state index contributed by atoms with van der Waals surface area (Å²) < 4.78 is 18.5. The monoisotopic (exact) mass is 321 g/mol. The van der Waals surface area contributed by atoms with Crippen LogP contribution in [0.25, 0.3) is 0 Å². The molecule has 0 unspecified atom stereocenters. The molecule has 6 nitrogen and oxygen atoms in total. The van der Waals surface area contributed by atoms with E-state index in [0.717, 1.165) is 43.2 Å². The molecule has 4 fully saturated rings. The quantitative estimate of drug-likeness (QED) is 0.877. The van der Waals surface area contributed by atoms with E-state index in [1.54, 1.807) is 0 Å². The Hall–Kier alpha value is -1.92. The number of nitrogens with zero attached hydrogens (tertiary/aromatic N) is 1. The second-order valence-corrected chi connectivity index (χ2v) is 7.39. The van der Waals surface area contributed by atoms with Gasteiger partial charge in [0, 0.05) is 11.7 Å². The predicted molar refractivity (Wildman–Crippen MR) is 79.4 cm³/mol. The van der Waals surface area contributed by atoms with Crippen molar-refractivity contribution < 1.29 is 13.9 Å². The number of halogens is 1. The Labute approximate surface area is 132 Å². The first-order chi connectivity index (χ1) is 11.0. The summed E-state index contributed by atoms with van der Waals surface area (Å²) in [5.41, 5.74) is -0.808. The highest BCUT2D eigenvalue weighted by molar-refractivity contribution is 5.78. The van der Waals surface area contributed by atoms with E-state index in [1.807, 2.05) is 0 Å². The number of carbonyl (C=O) groups is 1. The van der Waals surface area contributed by atoms with E-state index in [0.29, 0.717) is 0 Å². The van der Waals surface area contributed by atoms with Crippen LogP contribution in [0.15, 0.2) is 11.0 Å². The van der Waals surface area contributed by atoms with Gasteiger partial charge in [-0.1, -0.05) is 0 Å². The SMILES string of the molecule is O=C(COc1nc(=O)[nH]cc1F)NC12CC3CC(CC(C3)C1)C2. The zero-order chi connectivity index (χ0) is 16.0. The van der Waals surface area contributed by atoms with Gasteiger partial charge in [0.25, 0.3) is 11.8 Å². The molecule has 5 rings (SSSR count). The Morgan fingerprint density at radius 2 is 1.91 bits per heavy atom. The molecule has 0 aromatic carbocycles. The summed E-state index contributed by atoms with van der Waals surface area (Å²) in [4.78, 5) is 28.8. The Morgan fingerprint density at radius 3 is 2.52 bits per heavy atom. The summed E-state index contributed by atoms with van der Waals surface area (Å²) in [5, 5.41) is 3.13. The normalized spacial score (nSPS) is 34.4. The van der Waals surface area contributed by atoms with E-state index in [2.05, 4.69) is 15.3 Å². The molecule has 124 valence electrons. The van der Waals surface area contributed by atoms with Gasteiger partial charge >= 0.3 is 5.69 Å². The highest BCUT2D eigenvalue weighted by Crippen LogP contribution is 2.55. The van der Waals surface area contributed by atoms with Crippen LogP contribution in [0.4, 0.5) is 4.39 Å². The second-order valence-electron chi connectivity index (χ2n) is 7.39. The summed E-state index contributed by atoms with van der Waals surface area (Å²) in [7, 11) is 0. The third-order valence-electron chi connectivity index (χ3n) is 5.51. The fraction of sp³-hybridized carbons (Fsp3) is 0.688. The molecule has 23 heavy (non-hydrogen) atoms. The van der Waals surface area contributed by atoms with Crippen molar-refractivity contribution in [1.29, 1.82) is 0 Å². The van der Waals surface area contributed by atoms with E-state index >= 15 is 0 Å². The van der Waals surface area contributed by atoms with Crippen LogP contribution in [-0.2, 0) is 4.79 Å². The molecule has 0 aliphatic heterocycles. The van der Waals surface area contributed by atoms with Crippen LogP contribution in [0.3, 0.4) is 0 Å². The molecule has 4 aliphatic carbocycles. The fourth-order valence-corrected chi connectivity index (χ4v) is 5.20. The maximum absolute atomic E-state index is 13.4. The van der Waals surface area contributed by atoms with Gasteiger partial charge in [0.15, 0.2) is 6.61 Å². The van der Waals surface area contributed by atoms with Gasteiger partial charge in [-0.2, -0.15) is 9.37 Å². The van der Waals surface area contributed by atoms with Gasteiger partial charge in [-0.05, 0) is 56.3 Å². The van der Waals surface area contributed by atoms with Crippen molar-refractivity contribution >= 4 is 5.91 Å². The number of amides is 1. The highest BCUT2D eigenvalue weighted by atomic mass is 19.1. The molecular weight excluding hydrogens is 301 g/mol. The second kappa shape index (κ2) is 5.32. The minimum atomic E-state index is -0.785. The molecule has 4 saturated carbocycles. The van der Waals surface area contributed by atoms with Crippen LogP contribution in [0.1, 0.15) is 38.5 Å². The molecule has 7 heteroatoms. The number of hydrogen-bond acceptors (Lipinski definition) is 4. The number of aromatic amines is 1. The Bertz CT molecular complexity index is 652. The first kappa shape index (κ1) is 14.7. The number of hydrogen-bond donors (Lipinski definition) is 2. The molecule has 2 N–H and O–H groups in total. The lowest BCUT2D eigenvalue weighted by Crippen LogP contribution is -2.60. The van der Waals surface area contributed by atoms with Crippen molar-refractivity contribution in [3.8, 4) is 5.88 Å². The first-order valence-electron chi connectivity index (χ1n) is 8.20. The number of ether oxygens (including phenoxy) is 1. The van der Waals surface area contributed by atoms with Crippen LogP contribution >= 0.6 is 0 Å². The molecule has 1 aromatic heterocycles. The first-order valence-corrected chi connectivity index (χ1v) is 8.20. The summed E-state index contributed by atoms with van der Waals surface area (Å²) in [6.07, 6.45) is 7.91. The van der Waals surface area contributed by atoms with Gasteiger partial charge in [0.05, 0.1) is 0 Å². The molecule has 0 atom stereocenters. The third-order valence-corrected chi connectivity index (χ3v) is 5.51. The maximum Gasteiger partial charge on any atom is 0.348 e. The lowest BCUT2D eigenvalue weighted by Gasteiger charge is -2.56. The average Bonchev–Trinajstić information content (AvgIpc) is 2.46. The molecule has 4 bridgehead atoms. The molecule has 1 aromatic rings. The summed E-state index contributed by atoms with van der Waals surface area (Å²) >= 11 is 0. The van der Waals surface area contributed by atoms with Crippen molar-refractivity contribution in [1.82, 2.24) is 15.3 Å². The van der Waals surface area contributed by atoms with E-state index in [4.69, 9.17) is 4.74 Å². The molecular formula is C16H20FN3O3. The summed E-state index contributed by atoms with van der Waals surface area (Å²) in [6.45, 7) is -0.324. The largest absolute Gasteiger partial charge is 0.465 e. The smallest absolute Gasteiger partial charge is 0.348 e. The fourth-order valence-electron chi connectivity index (χ4n) is 5.20. The van der Waals surface area contributed by atoms with Crippen molar-refractivity contribution in [2.24, 2.45) is 17.8 Å². The summed E-state index contributed by atoms with van der Waals surface area (Å²) in [6, 6.07) is 0. The van der Waals surface area contributed by atoms with Crippen molar-refractivity contribution in [2.45, 2.75) is 44.1 Å². The van der Waals surface area contributed by atoms with Gasteiger partial charge in [-0.25, -0.2) is 4.79 Å². The number of nitrogens with one attached hydrogen (secondary N) is 2. The number of H-pyrrole nitrogens is 1. The molecule has 0 spiro atoms. The van der Waals surface area contributed by atoms with Gasteiger partial charge in [-0.3, -0.25) is 4.79 Å². The molecule has 0 saturated heterocycles. The highest BCUT2D eigenvalue weighted by Gasteiger charge is 2.51. The Morgan fingerprint density at radius 1 is 1.30 bits per heavy atom. The van der Waals surface area contributed by atoms with E-state index in [-0.39, 0.29) is 18.1 Å². The van der Waals surface area contributed by atoms with E-state index < -0.39 is 17.4 Å². The molecule has 0 radical (unpaired) electrons. The predicted octanol–water partition coefficient (Wildman–Crippen LogP) is 1.37. The van der Waals surface area contributed by atoms with Crippen LogP contribution in [-0.4, -0.2) is 28.0 Å². The van der Waals surface area contributed by atoms with Crippen molar-refractivity contribution in [3.05, 3.63) is 22.5 Å². The van der Waals surface area contributed by atoms with Crippen molar-refractivity contribution in [3.63, 3.8) is 0 Å². The topological polar surface area (TPSA) is 84.1 Å². The zero-order valence-corrected chi connectivity index (χ0v) is 12.8. The minimum Gasteiger partial charge on any atom is -0.465 e. The molecule has 4 aliphatic rings. The van der Waals surface area contributed by atoms with Gasteiger partial charge < -0.3 is 15.0 Å². The van der Waals surface area contributed by atoms with Crippen LogP contribution in [0, 0.1) is 23.6 Å². The van der Waals surface area contributed by atoms with Gasteiger partial charge in [0.2, 0.25) is 5.82 Å². The lowest BCUT2D eigenvalue weighted by atomic mass is 9.53. The van der Waals surface area contributed by atoms with Crippen LogP contribution in [0.2, 0.25) is 0 Å². The van der Waals surface area contributed by atoms with Crippen molar-refractivity contribution in [2.75, 3.05) is 6.61 Å². The third kappa shape index (κ3) is 2.84. The van der Waals surface area contributed by atoms with E-state index in [1.165, 1.54) is 19.3 Å². The molecule has 1 amide bonds. The number of carbonyl (C=O) groups excluding carboxylic acids is 1. The van der Waals surface area contributed by atoms with E-state index in [9.17, 15) is 14.0 Å². The standard InChI is InChI=1S/C16H20FN3O3/c17-12-7-18-15(22)19-14(12)23-8-13(21)20-16-4-9-1-10(5-16)3-11(2-9)6-16/h7,9-11H,1-6,8H2,(H,20,21)(H,18,19,22). The lowest BCUT2D eigenvalue weighted by molar-refractivity contribution is -0.129. The Kier molecular flexibility index (Phi) is 3.39. The average molecular weight is 321 g/mol. The zero-order valence-electron chi connectivity index (χ0n) is 12.8. The Balaban J connectivity index is 1.39. The van der Waals surface area contributed by atoms with Crippen LogP contribution in [0.5, 0.6) is 5.88 Å². The summed E-state index contributed by atoms with van der Waals surface area (Å²) in [5.74, 6) is 0.702. The number of aromatic nitrogens is 2. The van der Waals surface area contributed by atoms with Crippen LogP contribution < -0.4 is 15.7 Å². The minimum absolute atomic E-state index is 0.102. The maximum atomic E-state index is 13.4. The van der Waals surface area contributed by atoms with Gasteiger partial charge in [0.1, 0.15) is 0 Å². The number of rotatable bonds is 4. The molecule has 1 heterocycles.